The normalized spacial score (nSPS) is 10.9. The molecule has 0 radical (unpaired) electrons. The van der Waals surface area contributed by atoms with Gasteiger partial charge < -0.3 is 14.6 Å². The first kappa shape index (κ1) is 19.5. The minimum atomic E-state index is -1.42. The van der Waals surface area contributed by atoms with Crippen molar-refractivity contribution in [3.8, 4) is 5.75 Å². The first-order valence-electron chi connectivity index (χ1n) is 8.27. The molecule has 0 aliphatic rings. The Labute approximate surface area is 152 Å². The number of carbonyl (C=O) groups is 2. The zero-order valence-corrected chi connectivity index (χ0v) is 15.1. The summed E-state index contributed by atoms with van der Waals surface area (Å²) < 4.78 is 10.5. The van der Waals surface area contributed by atoms with Gasteiger partial charge in [-0.1, -0.05) is 18.2 Å². The summed E-state index contributed by atoms with van der Waals surface area (Å²) in [5.74, 6) is 0.181. The number of benzene rings is 2. The number of rotatable bonds is 7. The fourth-order valence-electron chi connectivity index (χ4n) is 2.21. The SMILES string of the molecule is Cc1ccccc1NC(=O)OCCOc1ccc(C(=O)C(C)(C)O)cc1. The van der Waals surface area contributed by atoms with Crippen molar-refractivity contribution in [1.82, 2.24) is 0 Å². The first-order valence-corrected chi connectivity index (χ1v) is 8.27. The second-order valence-electron chi connectivity index (χ2n) is 6.34. The number of aliphatic hydroxyl groups is 1. The number of carbonyl (C=O) groups excluding carboxylic acids is 2. The summed E-state index contributed by atoms with van der Waals surface area (Å²) in [4.78, 5) is 23.7. The van der Waals surface area contributed by atoms with Crippen molar-refractivity contribution < 1.29 is 24.2 Å². The Hall–Kier alpha value is -2.86. The fourth-order valence-corrected chi connectivity index (χ4v) is 2.21. The Morgan fingerprint density at radius 3 is 2.31 bits per heavy atom. The number of aryl methyl sites for hydroxylation is 1. The van der Waals surface area contributed by atoms with Crippen LogP contribution in [0.3, 0.4) is 0 Å². The van der Waals surface area contributed by atoms with Gasteiger partial charge in [-0.15, -0.1) is 0 Å². The van der Waals surface area contributed by atoms with Gasteiger partial charge in [0.25, 0.3) is 0 Å². The summed E-state index contributed by atoms with van der Waals surface area (Å²) in [6.45, 7) is 5.05. The Kier molecular flexibility index (Phi) is 6.36. The Balaban J connectivity index is 1.75. The quantitative estimate of drug-likeness (QED) is 0.584. The molecule has 6 heteroatoms. The zero-order chi connectivity index (χ0) is 19.2. The van der Waals surface area contributed by atoms with Gasteiger partial charge in [-0.2, -0.15) is 0 Å². The van der Waals surface area contributed by atoms with Crippen LogP contribution >= 0.6 is 0 Å². The van der Waals surface area contributed by atoms with Crippen molar-refractivity contribution in [2.75, 3.05) is 18.5 Å². The van der Waals surface area contributed by atoms with Crippen LogP contribution in [-0.2, 0) is 4.74 Å². The number of hydrogen-bond acceptors (Lipinski definition) is 5. The summed E-state index contributed by atoms with van der Waals surface area (Å²) in [6, 6.07) is 13.8. The number of ketones is 1. The molecule has 0 fully saturated rings. The molecule has 2 rings (SSSR count). The van der Waals surface area contributed by atoms with Gasteiger partial charge in [0.05, 0.1) is 0 Å². The van der Waals surface area contributed by atoms with Gasteiger partial charge in [0.15, 0.2) is 5.78 Å². The van der Waals surface area contributed by atoms with Crippen LogP contribution < -0.4 is 10.1 Å². The van der Waals surface area contributed by atoms with Gasteiger partial charge in [-0.25, -0.2) is 4.79 Å². The minimum Gasteiger partial charge on any atom is -0.490 e. The van der Waals surface area contributed by atoms with E-state index in [1.807, 2.05) is 25.1 Å². The first-order chi connectivity index (χ1) is 12.3. The zero-order valence-electron chi connectivity index (χ0n) is 15.1. The number of hydrogen-bond donors (Lipinski definition) is 2. The van der Waals surface area contributed by atoms with Gasteiger partial charge in [-0.05, 0) is 56.7 Å². The fraction of sp³-hybridized carbons (Fsp3) is 0.300. The van der Waals surface area contributed by atoms with E-state index in [1.165, 1.54) is 13.8 Å². The highest BCUT2D eigenvalue weighted by Crippen LogP contribution is 2.17. The van der Waals surface area contributed by atoms with Crippen LogP contribution in [0.15, 0.2) is 48.5 Å². The molecule has 138 valence electrons. The molecule has 0 bridgehead atoms. The molecule has 6 nitrogen and oxygen atoms in total. The number of anilines is 1. The summed E-state index contributed by atoms with van der Waals surface area (Å²) in [6.07, 6.45) is -0.547. The molecule has 0 atom stereocenters. The molecule has 2 aromatic carbocycles. The topological polar surface area (TPSA) is 84.9 Å². The molecule has 0 saturated carbocycles. The molecule has 0 saturated heterocycles. The highest BCUT2D eigenvalue weighted by Gasteiger charge is 2.24. The van der Waals surface area contributed by atoms with Crippen molar-refractivity contribution >= 4 is 17.6 Å². The second kappa shape index (κ2) is 8.49. The largest absolute Gasteiger partial charge is 0.490 e. The Morgan fingerprint density at radius 1 is 1.04 bits per heavy atom. The molecule has 0 aromatic heterocycles. The molecular formula is C20H23NO5. The Morgan fingerprint density at radius 2 is 1.69 bits per heavy atom. The highest BCUT2D eigenvalue weighted by atomic mass is 16.6. The van der Waals surface area contributed by atoms with Gasteiger partial charge in [0, 0.05) is 11.3 Å². The predicted molar refractivity (Wildman–Crippen MR) is 98.7 cm³/mol. The van der Waals surface area contributed by atoms with Crippen LogP contribution in [0.4, 0.5) is 10.5 Å². The number of nitrogens with one attached hydrogen (secondary N) is 1. The Bertz CT molecular complexity index is 763. The third kappa shape index (κ3) is 5.60. The molecule has 2 aromatic rings. The van der Waals surface area contributed by atoms with E-state index in [2.05, 4.69) is 5.32 Å². The van der Waals surface area contributed by atoms with Gasteiger partial charge in [0.1, 0.15) is 24.6 Å². The number of ether oxygens (including phenoxy) is 2. The van der Waals surface area contributed by atoms with Crippen LogP contribution in [0.25, 0.3) is 0 Å². The molecule has 0 spiro atoms. The lowest BCUT2D eigenvalue weighted by molar-refractivity contribution is 0.0488. The smallest absolute Gasteiger partial charge is 0.411 e. The van der Waals surface area contributed by atoms with Crippen molar-refractivity contribution in [3.05, 3.63) is 59.7 Å². The van der Waals surface area contributed by atoms with Crippen molar-refractivity contribution in [2.24, 2.45) is 0 Å². The van der Waals surface area contributed by atoms with Crippen molar-refractivity contribution in [1.29, 1.82) is 0 Å². The average Bonchev–Trinajstić information content (AvgIpc) is 2.60. The lowest BCUT2D eigenvalue weighted by Gasteiger charge is -2.15. The maximum Gasteiger partial charge on any atom is 0.411 e. The summed E-state index contributed by atoms with van der Waals surface area (Å²) in [5.41, 5.74) is 0.631. The third-order valence-electron chi connectivity index (χ3n) is 3.64. The van der Waals surface area contributed by atoms with Crippen LogP contribution in [0.1, 0.15) is 29.8 Å². The van der Waals surface area contributed by atoms with E-state index in [1.54, 1.807) is 30.3 Å². The predicted octanol–water partition coefficient (Wildman–Crippen LogP) is 3.58. The maximum atomic E-state index is 11.9. The van der Waals surface area contributed by atoms with Crippen LogP contribution in [-0.4, -0.2) is 35.8 Å². The molecule has 1 amide bonds. The van der Waals surface area contributed by atoms with E-state index < -0.39 is 11.7 Å². The minimum absolute atomic E-state index is 0.0854. The lowest BCUT2D eigenvalue weighted by atomic mass is 9.97. The molecule has 2 N–H and O–H groups in total. The van der Waals surface area contributed by atoms with E-state index in [0.717, 1.165) is 5.56 Å². The molecule has 0 aliphatic heterocycles. The van der Waals surface area contributed by atoms with Gasteiger partial charge in [0.2, 0.25) is 0 Å². The maximum absolute atomic E-state index is 11.9. The second-order valence-corrected chi connectivity index (χ2v) is 6.34. The van der Waals surface area contributed by atoms with Crippen molar-refractivity contribution in [3.63, 3.8) is 0 Å². The van der Waals surface area contributed by atoms with E-state index in [0.29, 0.717) is 17.0 Å². The summed E-state index contributed by atoms with van der Waals surface area (Å²) in [7, 11) is 0. The summed E-state index contributed by atoms with van der Waals surface area (Å²) >= 11 is 0. The molecule has 0 unspecified atom stereocenters. The average molecular weight is 357 g/mol. The number of para-hydroxylation sites is 1. The van der Waals surface area contributed by atoms with E-state index in [-0.39, 0.29) is 19.0 Å². The molecule has 0 aliphatic carbocycles. The van der Waals surface area contributed by atoms with Crippen LogP contribution in [0, 0.1) is 6.92 Å². The van der Waals surface area contributed by atoms with Gasteiger partial charge >= 0.3 is 6.09 Å². The summed E-state index contributed by atoms with van der Waals surface area (Å²) in [5, 5.41) is 12.4. The molecular weight excluding hydrogens is 334 g/mol. The van der Waals surface area contributed by atoms with E-state index >= 15 is 0 Å². The molecule has 26 heavy (non-hydrogen) atoms. The van der Waals surface area contributed by atoms with E-state index in [9.17, 15) is 14.7 Å². The van der Waals surface area contributed by atoms with Crippen LogP contribution in [0.5, 0.6) is 5.75 Å². The monoisotopic (exact) mass is 357 g/mol. The standard InChI is InChI=1S/C20H23NO5/c1-14-6-4-5-7-17(14)21-19(23)26-13-12-25-16-10-8-15(9-11-16)18(22)20(2,3)24/h4-11,24H,12-13H2,1-3H3,(H,21,23). The van der Waals surface area contributed by atoms with Crippen LogP contribution in [0.2, 0.25) is 0 Å². The van der Waals surface area contributed by atoms with Gasteiger partial charge in [-0.3, -0.25) is 10.1 Å². The number of amides is 1. The number of Topliss-reactive ketones (excluding diaryl/α,β-unsaturated/α-hetero) is 1. The highest BCUT2D eigenvalue weighted by molar-refractivity contribution is 6.01. The molecule has 0 heterocycles. The lowest BCUT2D eigenvalue weighted by Crippen LogP contribution is -2.30. The van der Waals surface area contributed by atoms with E-state index in [4.69, 9.17) is 9.47 Å². The van der Waals surface area contributed by atoms with Crippen molar-refractivity contribution in [2.45, 2.75) is 26.4 Å². The third-order valence-corrected chi connectivity index (χ3v) is 3.64.